The predicted octanol–water partition coefficient (Wildman–Crippen LogP) is 3.22. The molecule has 2 aromatic carbocycles. The molecule has 3 aromatic rings. The Hall–Kier alpha value is -2.57. The lowest BCUT2D eigenvalue weighted by atomic mass is 9.97. The van der Waals surface area contributed by atoms with Crippen LogP contribution >= 0.6 is 11.3 Å². The van der Waals surface area contributed by atoms with Gasteiger partial charge >= 0.3 is 0 Å². The van der Waals surface area contributed by atoms with Crippen LogP contribution in [0.2, 0.25) is 0 Å². The zero-order chi connectivity index (χ0) is 20.8. The van der Waals surface area contributed by atoms with Crippen LogP contribution in [-0.4, -0.2) is 35.9 Å². The number of anilines is 1. The largest absolute Gasteiger partial charge is 0.324 e. The molecule has 6 heteroatoms. The van der Waals surface area contributed by atoms with Gasteiger partial charge in [0.1, 0.15) is 5.01 Å². The average Bonchev–Trinajstić information content (AvgIpc) is 3.29. The summed E-state index contributed by atoms with van der Waals surface area (Å²) in [5, 5.41) is 0.950. The van der Waals surface area contributed by atoms with Crippen LogP contribution in [0.4, 0.5) is 5.69 Å². The van der Waals surface area contributed by atoms with Crippen molar-refractivity contribution in [2.24, 2.45) is 5.92 Å². The van der Waals surface area contributed by atoms with E-state index < -0.39 is 0 Å². The maximum Gasteiger partial charge on any atom is 0.292 e. The number of rotatable bonds is 3. The highest BCUT2D eigenvalue weighted by atomic mass is 32.1. The number of hydrogen-bond donors (Lipinski definition) is 1. The summed E-state index contributed by atoms with van der Waals surface area (Å²) in [7, 11) is 0. The van der Waals surface area contributed by atoms with Crippen LogP contribution in [0.25, 0.3) is 20.8 Å². The molecule has 0 spiro atoms. The molecule has 0 aliphatic carbocycles. The van der Waals surface area contributed by atoms with Gasteiger partial charge in [-0.1, -0.05) is 13.0 Å². The third-order valence-corrected chi connectivity index (χ3v) is 7.54. The maximum absolute atomic E-state index is 13.1. The van der Waals surface area contributed by atoms with Crippen LogP contribution in [0.1, 0.15) is 31.7 Å². The quantitative estimate of drug-likeness (QED) is 0.662. The van der Waals surface area contributed by atoms with Gasteiger partial charge in [0.2, 0.25) is 5.91 Å². The first-order valence-corrected chi connectivity index (χ1v) is 11.5. The van der Waals surface area contributed by atoms with E-state index in [0.717, 1.165) is 47.9 Å². The number of carbonyl (C=O) groups excluding carboxylic acids is 2. The molecule has 5 nitrogen and oxygen atoms in total. The Morgan fingerprint density at radius 3 is 2.53 bits per heavy atom. The standard InChI is InChI=1S/C24H25N3O2S/c1-15-9-11-26(12-10-15)20-14-22(28)27(24(20)29)18-6-4-17(5-7-18)23-25-19-8-3-16(2)13-21(19)30-23/h3-8,13,15,20H,9-12,14H2,1-2H3/p+1/t20-/m0/s1. The first kappa shape index (κ1) is 19.4. The topological polar surface area (TPSA) is 54.7 Å². The van der Waals surface area contributed by atoms with Gasteiger partial charge in [0.05, 0.1) is 35.4 Å². The second-order valence-electron chi connectivity index (χ2n) is 8.70. The number of nitrogens with zero attached hydrogens (tertiary/aromatic N) is 2. The molecule has 0 bridgehead atoms. The number of benzene rings is 2. The van der Waals surface area contributed by atoms with E-state index in [1.54, 1.807) is 11.3 Å². The van der Waals surface area contributed by atoms with Crippen LogP contribution in [0, 0.1) is 12.8 Å². The van der Waals surface area contributed by atoms with Gasteiger partial charge in [0, 0.05) is 5.56 Å². The first-order valence-electron chi connectivity index (χ1n) is 10.7. The summed E-state index contributed by atoms with van der Waals surface area (Å²) < 4.78 is 1.17. The molecule has 30 heavy (non-hydrogen) atoms. The summed E-state index contributed by atoms with van der Waals surface area (Å²) in [6, 6.07) is 13.7. The minimum atomic E-state index is -0.225. The number of carbonyl (C=O) groups is 2. The summed E-state index contributed by atoms with van der Waals surface area (Å²) >= 11 is 1.66. The highest BCUT2D eigenvalue weighted by Gasteiger charge is 2.46. The molecule has 2 aliphatic heterocycles. The van der Waals surface area contributed by atoms with Gasteiger partial charge in [-0.25, -0.2) is 9.88 Å². The monoisotopic (exact) mass is 420 g/mol. The highest BCUT2D eigenvalue weighted by Crippen LogP contribution is 2.32. The number of amides is 2. The molecule has 2 amide bonds. The summed E-state index contributed by atoms with van der Waals surface area (Å²) in [5.41, 5.74) is 3.89. The molecule has 0 radical (unpaired) electrons. The fourth-order valence-corrected chi connectivity index (χ4v) is 5.68. The number of aromatic nitrogens is 1. The zero-order valence-corrected chi connectivity index (χ0v) is 18.2. The van der Waals surface area contributed by atoms with Gasteiger partial charge in [-0.3, -0.25) is 9.59 Å². The third-order valence-electron chi connectivity index (χ3n) is 6.47. The van der Waals surface area contributed by atoms with E-state index in [0.29, 0.717) is 12.1 Å². The van der Waals surface area contributed by atoms with E-state index in [2.05, 4.69) is 26.0 Å². The molecule has 2 aliphatic rings. The lowest BCUT2D eigenvalue weighted by Gasteiger charge is -2.30. The van der Waals surface area contributed by atoms with Crippen LogP contribution in [0.5, 0.6) is 0 Å². The Labute approximate surface area is 180 Å². The summed E-state index contributed by atoms with van der Waals surface area (Å²) in [5.74, 6) is 0.586. The van der Waals surface area contributed by atoms with E-state index in [-0.39, 0.29) is 17.9 Å². The maximum atomic E-state index is 13.1. The second-order valence-corrected chi connectivity index (χ2v) is 9.73. The molecule has 0 unspecified atom stereocenters. The second kappa shape index (κ2) is 7.60. The van der Waals surface area contributed by atoms with Crippen molar-refractivity contribution in [3.05, 3.63) is 48.0 Å². The SMILES string of the molecule is Cc1ccc2nc(-c3ccc(N4C(=O)C[C@H]([NH+]5CCC(C)CC5)C4=O)cc3)sc2c1. The lowest BCUT2D eigenvalue weighted by molar-refractivity contribution is -0.920. The lowest BCUT2D eigenvalue weighted by Crippen LogP contribution is -3.17. The number of aryl methyl sites for hydroxylation is 1. The molecule has 0 saturated carbocycles. The summed E-state index contributed by atoms with van der Waals surface area (Å²) in [6.45, 7) is 6.30. The molecule has 2 fully saturated rings. The molecular formula is C24H26N3O2S+. The van der Waals surface area contributed by atoms with Gasteiger partial charge in [0.15, 0.2) is 6.04 Å². The van der Waals surface area contributed by atoms with E-state index in [1.165, 1.54) is 20.1 Å². The highest BCUT2D eigenvalue weighted by molar-refractivity contribution is 7.21. The Kier molecular flexibility index (Phi) is 4.91. The molecule has 1 N–H and O–H groups in total. The van der Waals surface area contributed by atoms with Crippen molar-refractivity contribution in [2.45, 2.75) is 39.2 Å². The van der Waals surface area contributed by atoms with Crippen molar-refractivity contribution >= 4 is 39.1 Å². The minimum Gasteiger partial charge on any atom is -0.324 e. The van der Waals surface area contributed by atoms with Gasteiger partial charge in [-0.15, -0.1) is 11.3 Å². The number of nitrogens with one attached hydrogen (secondary N) is 1. The molecule has 154 valence electrons. The van der Waals surface area contributed by atoms with Crippen molar-refractivity contribution in [3.8, 4) is 10.6 Å². The number of thiazole rings is 1. The normalized spacial score (nSPS) is 24.7. The molecule has 3 heterocycles. The molecular weight excluding hydrogens is 394 g/mol. The van der Waals surface area contributed by atoms with Crippen LogP contribution in [0.3, 0.4) is 0 Å². The Morgan fingerprint density at radius 2 is 1.80 bits per heavy atom. The van der Waals surface area contributed by atoms with Crippen LogP contribution in [-0.2, 0) is 9.59 Å². The molecule has 1 atom stereocenters. The number of hydrogen-bond acceptors (Lipinski definition) is 4. The first-order chi connectivity index (χ1) is 14.5. The van der Waals surface area contributed by atoms with Crippen LogP contribution in [0.15, 0.2) is 42.5 Å². The van der Waals surface area contributed by atoms with Crippen molar-refractivity contribution in [3.63, 3.8) is 0 Å². The molecule has 1 aromatic heterocycles. The Balaban J connectivity index is 1.37. The van der Waals surface area contributed by atoms with Crippen LogP contribution < -0.4 is 9.80 Å². The minimum absolute atomic E-state index is 0.0484. The Morgan fingerprint density at radius 1 is 1.07 bits per heavy atom. The van der Waals surface area contributed by atoms with Gasteiger partial charge in [0.25, 0.3) is 5.91 Å². The number of quaternary nitrogens is 1. The summed E-state index contributed by atoms with van der Waals surface area (Å²) in [4.78, 5) is 33.2. The number of likely N-dealkylation sites (tertiary alicyclic amines) is 1. The number of imide groups is 1. The zero-order valence-electron chi connectivity index (χ0n) is 17.4. The molecule has 2 saturated heterocycles. The van der Waals surface area contributed by atoms with E-state index in [9.17, 15) is 9.59 Å². The van der Waals surface area contributed by atoms with Crippen molar-refractivity contribution < 1.29 is 14.5 Å². The van der Waals surface area contributed by atoms with Crippen molar-refractivity contribution in [2.75, 3.05) is 18.0 Å². The smallest absolute Gasteiger partial charge is 0.292 e. The Bertz CT molecular complexity index is 1110. The average molecular weight is 421 g/mol. The predicted molar refractivity (Wildman–Crippen MR) is 120 cm³/mol. The fraction of sp³-hybridized carbons (Fsp3) is 0.375. The summed E-state index contributed by atoms with van der Waals surface area (Å²) in [6.07, 6.45) is 2.58. The van der Waals surface area contributed by atoms with E-state index in [4.69, 9.17) is 4.98 Å². The van der Waals surface area contributed by atoms with Crippen molar-refractivity contribution in [1.82, 2.24) is 4.98 Å². The number of piperidine rings is 1. The molecule has 5 rings (SSSR count). The fourth-order valence-electron chi connectivity index (χ4n) is 4.61. The van der Waals surface area contributed by atoms with E-state index >= 15 is 0 Å². The number of fused-ring (bicyclic) bond motifs is 1. The van der Waals surface area contributed by atoms with E-state index in [1.807, 2.05) is 30.3 Å². The third kappa shape index (κ3) is 3.44. The van der Waals surface area contributed by atoms with Gasteiger partial charge < -0.3 is 4.90 Å². The van der Waals surface area contributed by atoms with Gasteiger partial charge in [-0.05, 0) is 67.6 Å². The van der Waals surface area contributed by atoms with Gasteiger partial charge in [-0.2, -0.15) is 0 Å². The van der Waals surface area contributed by atoms with Crippen molar-refractivity contribution in [1.29, 1.82) is 0 Å².